The van der Waals surface area contributed by atoms with E-state index in [0.717, 1.165) is 41.8 Å². The van der Waals surface area contributed by atoms with Gasteiger partial charge < -0.3 is 20.9 Å². The summed E-state index contributed by atoms with van der Waals surface area (Å²) in [6.45, 7) is 6.74. The molecule has 0 saturated carbocycles. The zero-order valence-corrected chi connectivity index (χ0v) is 14.8. The van der Waals surface area contributed by atoms with Crippen molar-refractivity contribution in [1.29, 1.82) is 0 Å². The van der Waals surface area contributed by atoms with E-state index in [4.69, 9.17) is 5.73 Å². The highest BCUT2D eigenvalue weighted by atomic mass is 19.1. The number of benzene rings is 1. The Morgan fingerprint density at radius 1 is 1.40 bits per heavy atom. The van der Waals surface area contributed by atoms with Gasteiger partial charge in [-0.1, -0.05) is 0 Å². The highest BCUT2D eigenvalue weighted by molar-refractivity contribution is 6.00. The van der Waals surface area contributed by atoms with Crippen molar-refractivity contribution in [3.63, 3.8) is 0 Å². The van der Waals surface area contributed by atoms with Crippen LogP contribution in [0.15, 0.2) is 6.07 Å². The summed E-state index contributed by atoms with van der Waals surface area (Å²) in [7, 11) is 0. The van der Waals surface area contributed by atoms with Crippen molar-refractivity contribution in [3.05, 3.63) is 28.7 Å². The van der Waals surface area contributed by atoms with Crippen LogP contribution >= 0.6 is 0 Å². The lowest BCUT2D eigenvalue weighted by Gasteiger charge is -2.24. The second-order valence-electron chi connectivity index (χ2n) is 7.50. The van der Waals surface area contributed by atoms with Crippen LogP contribution in [0.25, 0.3) is 10.9 Å². The Morgan fingerprint density at radius 2 is 2.20 bits per heavy atom. The molecule has 5 nitrogen and oxygen atoms in total. The fourth-order valence-electron chi connectivity index (χ4n) is 4.53. The highest BCUT2D eigenvalue weighted by Crippen LogP contribution is 2.39. The van der Waals surface area contributed by atoms with E-state index in [1.807, 2.05) is 13.8 Å². The Morgan fingerprint density at radius 3 is 2.92 bits per heavy atom. The van der Waals surface area contributed by atoms with E-state index in [-0.39, 0.29) is 12.2 Å². The van der Waals surface area contributed by atoms with E-state index in [9.17, 15) is 4.79 Å². The first-order valence-electron chi connectivity index (χ1n) is 9.02. The predicted octanol–water partition coefficient (Wildman–Crippen LogP) is 2.14. The Labute approximate surface area is 146 Å². The fourth-order valence-corrected chi connectivity index (χ4v) is 4.53. The molecular weight excluding hydrogens is 319 g/mol. The molecule has 2 aliphatic rings. The lowest BCUT2D eigenvalue weighted by molar-refractivity contribution is -0.117. The van der Waals surface area contributed by atoms with E-state index in [0.29, 0.717) is 23.2 Å². The van der Waals surface area contributed by atoms with Gasteiger partial charge in [-0.15, -0.1) is 0 Å². The molecule has 0 radical (unpaired) electrons. The quantitative estimate of drug-likeness (QED) is 0.799. The zero-order valence-electron chi connectivity index (χ0n) is 14.8. The molecule has 2 fully saturated rings. The minimum absolute atomic E-state index is 0.0416. The van der Waals surface area contributed by atoms with Crippen LogP contribution in [-0.2, 0) is 11.2 Å². The molecule has 1 amide bonds. The van der Waals surface area contributed by atoms with Crippen molar-refractivity contribution in [3.8, 4) is 0 Å². The number of fused-ring (bicyclic) bond motifs is 2. The van der Waals surface area contributed by atoms with E-state index in [1.165, 1.54) is 18.9 Å². The number of carbonyl (C=O) groups excluding carboxylic acids is 1. The summed E-state index contributed by atoms with van der Waals surface area (Å²) in [5, 5.41) is 4.47. The summed E-state index contributed by atoms with van der Waals surface area (Å²) >= 11 is 0. The standard InChI is InChI=1S/C19H25FN4O/c1-10-11(2)23-18-13(7-16(21)25)6-14(20)19(17(10)18)24-8-12-4-3-5-22-15(12)9-24/h6,12,15,22-23H,3-5,7-9H2,1-2H3,(H2,21,25)/t12-,15+/m1/s1. The van der Waals surface area contributed by atoms with Gasteiger partial charge in [0.1, 0.15) is 5.82 Å². The first-order chi connectivity index (χ1) is 12.0. The number of hydrogen-bond donors (Lipinski definition) is 3. The summed E-state index contributed by atoms with van der Waals surface area (Å²) in [6.07, 6.45) is 2.43. The summed E-state index contributed by atoms with van der Waals surface area (Å²) in [6, 6.07) is 1.92. The van der Waals surface area contributed by atoms with Gasteiger partial charge in [0.2, 0.25) is 5.91 Å². The van der Waals surface area contributed by atoms with E-state index in [2.05, 4.69) is 15.2 Å². The first kappa shape index (κ1) is 16.4. The second-order valence-corrected chi connectivity index (χ2v) is 7.50. The fraction of sp³-hybridized carbons (Fsp3) is 0.526. The van der Waals surface area contributed by atoms with Crippen molar-refractivity contribution >= 4 is 22.5 Å². The van der Waals surface area contributed by atoms with Gasteiger partial charge in [0, 0.05) is 30.2 Å². The molecule has 0 unspecified atom stereocenters. The number of aromatic nitrogens is 1. The van der Waals surface area contributed by atoms with Gasteiger partial charge >= 0.3 is 0 Å². The number of nitrogens with two attached hydrogens (primary N) is 1. The zero-order chi connectivity index (χ0) is 17.7. The lowest BCUT2D eigenvalue weighted by Crippen LogP contribution is -2.40. The van der Waals surface area contributed by atoms with Crippen LogP contribution < -0.4 is 16.0 Å². The number of H-pyrrole nitrogens is 1. The number of aryl methyl sites for hydroxylation is 2. The maximum atomic E-state index is 15.1. The molecule has 2 atom stereocenters. The third-order valence-electron chi connectivity index (χ3n) is 5.87. The van der Waals surface area contributed by atoms with Gasteiger partial charge in [-0.3, -0.25) is 4.79 Å². The number of rotatable bonds is 3. The van der Waals surface area contributed by atoms with Gasteiger partial charge in [-0.2, -0.15) is 0 Å². The Kier molecular flexibility index (Phi) is 3.95. The molecule has 0 aliphatic carbocycles. The van der Waals surface area contributed by atoms with Crippen molar-refractivity contribution in [2.24, 2.45) is 11.7 Å². The molecule has 1 aromatic heterocycles. The first-order valence-corrected chi connectivity index (χ1v) is 9.02. The monoisotopic (exact) mass is 344 g/mol. The minimum Gasteiger partial charge on any atom is -0.369 e. The number of anilines is 1. The molecule has 1 aromatic carbocycles. The normalized spacial score (nSPS) is 23.2. The number of amides is 1. The average molecular weight is 344 g/mol. The summed E-state index contributed by atoms with van der Waals surface area (Å²) in [5.74, 6) is -0.131. The molecule has 3 heterocycles. The minimum atomic E-state index is -0.449. The molecule has 4 N–H and O–H groups in total. The SMILES string of the molecule is Cc1[nH]c2c(CC(N)=O)cc(F)c(N3C[C@H]4CCCN[C@H]4C3)c2c1C. The molecular formula is C19H25FN4O. The van der Waals surface area contributed by atoms with Crippen molar-refractivity contribution < 1.29 is 9.18 Å². The third-order valence-corrected chi connectivity index (χ3v) is 5.87. The molecule has 4 rings (SSSR count). The number of aromatic amines is 1. The lowest BCUT2D eigenvalue weighted by atomic mass is 9.94. The molecule has 134 valence electrons. The predicted molar refractivity (Wildman–Crippen MR) is 97.4 cm³/mol. The van der Waals surface area contributed by atoms with Crippen LogP contribution in [0, 0.1) is 25.6 Å². The van der Waals surface area contributed by atoms with E-state index >= 15 is 4.39 Å². The van der Waals surface area contributed by atoms with Gasteiger partial charge in [-0.05, 0) is 56.3 Å². The van der Waals surface area contributed by atoms with Crippen LogP contribution in [0.3, 0.4) is 0 Å². The van der Waals surface area contributed by atoms with Gasteiger partial charge in [0.15, 0.2) is 0 Å². The number of primary amides is 1. The number of nitrogens with one attached hydrogen (secondary N) is 2. The summed E-state index contributed by atoms with van der Waals surface area (Å²) < 4.78 is 15.1. The molecule has 0 bridgehead atoms. The number of carbonyl (C=O) groups is 1. The molecule has 0 spiro atoms. The number of nitrogens with zero attached hydrogens (tertiary/aromatic N) is 1. The topological polar surface area (TPSA) is 74.2 Å². The van der Waals surface area contributed by atoms with Gasteiger partial charge in [0.05, 0.1) is 17.6 Å². The van der Waals surface area contributed by atoms with Crippen LogP contribution in [0.5, 0.6) is 0 Å². The number of halogens is 1. The summed E-state index contributed by atoms with van der Waals surface area (Å²) in [4.78, 5) is 16.9. The van der Waals surface area contributed by atoms with Crippen molar-refractivity contribution in [2.45, 2.75) is 39.2 Å². The maximum Gasteiger partial charge on any atom is 0.221 e. The third kappa shape index (κ3) is 2.68. The smallest absolute Gasteiger partial charge is 0.221 e. The molecule has 25 heavy (non-hydrogen) atoms. The van der Waals surface area contributed by atoms with Crippen molar-refractivity contribution in [1.82, 2.24) is 10.3 Å². The Balaban J connectivity index is 1.84. The largest absolute Gasteiger partial charge is 0.369 e. The van der Waals surface area contributed by atoms with Crippen LogP contribution in [0.1, 0.15) is 29.7 Å². The molecule has 2 aliphatic heterocycles. The van der Waals surface area contributed by atoms with Crippen molar-refractivity contribution in [2.75, 3.05) is 24.5 Å². The van der Waals surface area contributed by atoms with E-state index < -0.39 is 5.91 Å². The highest BCUT2D eigenvalue weighted by Gasteiger charge is 2.36. The Hall–Kier alpha value is -2.08. The second kappa shape index (κ2) is 6.02. The molecule has 2 saturated heterocycles. The Bertz CT molecular complexity index is 830. The van der Waals surface area contributed by atoms with E-state index in [1.54, 1.807) is 0 Å². The van der Waals surface area contributed by atoms with Gasteiger partial charge in [-0.25, -0.2) is 4.39 Å². The molecule has 6 heteroatoms. The number of piperidine rings is 1. The van der Waals surface area contributed by atoms with Crippen LogP contribution in [0.4, 0.5) is 10.1 Å². The van der Waals surface area contributed by atoms with Crippen LogP contribution in [0.2, 0.25) is 0 Å². The van der Waals surface area contributed by atoms with Crippen LogP contribution in [-0.4, -0.2) is 36.6 Å². The summed E-state index contributed by atoms with van der Waals surface area (Å²) in [5.41, 5.74) is 9.54. The van der Waals surface area contributed by atoms with Gasteiger partial charge in [0.25, 0.3) is 0 Å². The maximum absolute atomic E-state index is 15.1. The number of hydrogen-bond acceptors (Lipinski definition) is 3. The molecule has 2 aromatic rings. The average Bonchev–Trinajstić information content (AvgIpc) is 3.10.